The molecule has 0 amide bonds. The highest BCUT2D eigenvalue weighted by Crippen LogP contribution is 2.39. The Bertz CT molecular complexity index is 609. The van der Waals surface area contributed by atoms with Crippen LogP contribution in [0, 0.1) is 0 Å². The molecule has 0 aliphatic carbocycles. The molecule has 5 nitrogen and oxygen atoms in total. The summed E-state index contributed by atoms with van der Waals surface area (Å²) in [5.74, 6) is 0.459. The van der Waals surface area contributed by atoms with E-state index in [1.54, 1.807) is 12.1 Å². The van der Waals surface area contributed by atoms with Crippen molar-refractivity contribution in [3.63, 3.8) is 0 Å². The van der Waals surface area contributed by atoms with E-state index < -0.39 is 6.29 Å². The van der Waals surface area contributed by atoms with Gasteiger partial charge in [0.2, 0.25) is 0 Å². The van der Waals surface area contributed by atoms with Gasteiger partial charge in [-0.25, -0.2) is 0 Å². The van der Waals surface area contributed by atoms with E-state index in [9.17, 15) is 5.11 Å². The predicted molar refractivity (Wildman–Crippen MR) is 79.0 cm³/mol. The van der Waals surface area contributed by atoms with Crippen molar-refractivity contribution < 1.29 is 19.3 Å². The number of para-hydroxylation sites is 1. The first-order valence-corrected chi connectivity index (χ1v) is 6.74. The van der Waals surface area contributed by atoms with Crippen LogP contribution in [0.2, 0.25) is 0 Å². The van der Waals surface area contributed by atoms with E-state index in [1.807, 2.05) is 30.3 Å². The molecule has 1 saturated heterocycles. The van der Waals surface area contributed by atoms with Gasteiger partial charge in [-0.2, -0.15) is 0 Å². The Hall–Kier alpha value is -2.24. The molecule has 0 aromatic heterocycles. The van der Waals surface area contributed by atoms with E-state index >= 15 is 0 Å². The minimum atomic E-state index is -0.453. The Balaban J connectivity index is 1.98. The van der Waals surface area contributed by atoms with Crippen LogP contribution in [0.15, 0.2) is 42.5 Å². The van der Waals surface area contributed by atoms with Gasteiger partial charge >= 0.3 is 0 Å². The Morgan fingerprint density at radius 1 is 1.14 bits per heavy atom. The van der Waals surface area contributed by atoms with Gasteiger partial charge in [0.25, 0.3) is 0 Å². The van der Waals surface area contributed by atoms with Crippen molar-refractivity contribution >= 4 is 11.4 Å². The predicted octanol–water partition coefficient (Wildman–Crippen LogP) is 3.19. The second-order valence-corrected chi connectivity index (χ2v) is 4.68. The lowest BCUT2D eigenvalue weighted by atomic mass is 10.1. The molecule has 1 aliphatic rings. The standard InChI is InChI=1S/C16H17NO4/c1-19-15-9-12(16-20-7-8-21-16)13(10-14(15)18)17-11-5-3-2-4-6-11/h2-6,9-10,16-18H,7-8H2,1H3. The van der Waals surface area contributed by atoms with Gasteiger partial charge in [0.05, 0.1) is 26.0 Å². The average molecular weight is 287 g/mol. The monoisotopic (exact) mass is 287 g/mol. The average Bonchev–Trinajstić information content (AvgIpc) is 3.03. The number of hydrogen-bond donors (Lipinski definition) is 2. The number of ether oxygens (including phenoxy) is 3. The molecular formula is C16H17NO4. The summed E-state index contributed by atoms with van der Waals surface area (Å²) in [4.78, 5) is 0. The summed E-state index contributed by atoms with van der Waals surface area (Å²) in [6, 6.07) is 13.1. The summed E-state index contributed by atoms with van der Waals surface area (Å²) < 4.78 is 16.3. The molecule has 0 spiro atoms. The number of hydrogen-bond acceptors (Lipinski definition) is 5. The molecule has 21 heavy (non-hydrogen) atoms. The number of methoxy groups -OCH3 is 1. The van der Waals surface area contributed by atoms with Gasteiger partial charge in [0.15, 0.2) is 17.8 Å². The molecule has 0 saturated carbocycles. The molecule has 2 N–H and O–H groups in total. The molecular weight excluding hydrogens is 270 g/mol. The van der Waals surface area contributed by atoms with Crippen molar-refractivity contribution in [3.05, 3.63) is 48.0 Å². The van der Waals surface area contributed by atoms with E-state index in [-0.39, 0.29) is 5.75 Å². The number of rotatable bonds is 4. The topological polar surface area (TPSA) is 60.0 Å². The third-order valence-electron chi connectivity index (χ3n) is 3.28. The van der Waals surface area contributed by atoms with Gasteiger partial charge in [-0.1, -0.05) is 18.2 Å². The zero-order valence-corrected chi connectivity index (χ0v) is 11.7. The Kier molecular flexibility index (Phi) is 3.94. The van der Waals surface area contributed by atoms with E-state index in [0.29, 0.717) is 19.0 Å². The number of phenols is 1. The first-order valence-electron chi connectivity index (χ1n) is 6.74. The lowest BCUT2D eigenvalue weighted by Gasteiger charge is -2.18. The summed E-state index contributed by atoms with van der Waals surface area (Å²) in [5, 5.41) is 13.3. The summed E-state index contributed by atoms with van der Waals surface area (Å²) in [6.45, 7) is 1.11. The van der Waals surface area contributed by atoms with Crippen molar-refractivity contribution in [1.82, 2.24) is 0 Å². The molecule has 1 fully saturated rings. The molecule has 5 heteroatoms. The van der Waals surface area contributed by atoms with Crippen molar-refractivity contribution in [3.8, 4) is 11.5 Å². The largest absolute Gasteiger partial charge is 0.504 e. The molecule has 3 rings (SSSR count). The van der Waals surface area contributed by atoms with E-state index in [1.165, 1.54) is 7.11 Å². The minimum absolute atomic E-state index is 0.0673. The Morgan fingerprint density at radius 3 is 2.52 bits per heavy atom. The molecule has 1 heterocycles. The van der Waals surface area contributed by atoms with Crippen molar-refractivity contribution in [1.29, 1.82) is 0 Å². The zero-order valence-electron chi connectivity index (χ0n) is 11.7. The zero-order chi connectivity index (χ0) is 14.7. The molecule has 0 unspecified atom stereocenters. The molecule has 2 aromatic carbocycles. The van der Waals surface area contributed by atoms with E-state index in [0.717, 1.165) is 16.9 Å². The normalized spacial score (nSPS) is 15.1. The van der Waals surface area contributed by atoms with Gasteiger partial charge in [0, 0.05) is 17.3 Å². The lowest BCUT2D eigenvalue weighted by Crippen LogP contribution is -2.04. The van der Waals surface area contributed by atoms with Crippen LogP contribution in [0.5, 0.6) is 11.5 Å². The van der Waals surface area contributed by atoms with Crippen LogP contribution in [0.4, 0.5) is 11.4 Å². The molecule has 2 aromatic rings. The maximum absolute atomic E-state index is 9.99. The first kappa shape index (κ1) is 13.7. The fourth-order valence-electron chi connectivity index (χ4n) is 2.27. The van der Waals surface area contributed by atoms with Crippen LogP contribution in [0.1, 0.15) is 11.9 Å². The van der Waals surface area contributed by atoms with E-state index in [2.05, 4.69) is 5.32 Å². The van der Waals surface area contributed by atoms with Crippen LogP contribution in [0.3, 0.4) is 0 Å². The highest BCUT2D eigenvalue weighted by molar-refractivity contribution is 5.67. The molecule has 0 atom stereocenters. The molecule has 110 valence electrons. The summed E-state index contributed by atoms with van der Waals surface area (Å²) >= 11 is 0. The fraction of sp³-hybridized carbons (Fsp3) is 0.250. The van der Waals surface area contributed by atoms with Crippen molar-refractivity contribution in [2.24, 2.45) is 0 Å². The number of benzene rings is 2. The van der Waals surface area contributed by atoms with Gasteiger partial charge < -0.3 is 24.6 Å². The van der Waals surface area contributed by atoms with Crippen molar-refractivity contribution in [2.75, 3.05) is 25.6 Å². The maximum atomic E-state index is 9.99. The summed E-state index contributed by atoms with van der Waals surface area (Å²) in [5.41, 5.74) is 2.44. The molecule has 0 bridgehead atoms. The van der Waals surface area contributed by atoms with Gasteiger partial charge in [0.1, 0.15) is 0 Å². The van der Waals surface area contributed by atoms with Gasteiger partial charge in [-0.05, 0) is 18.2 Å². The Labute approximate surface area is 123 Å². The number of anilines is 2. The summed E-state index contributed by atoms with van der Waals surface area (Å²) in [7, 11) is 1.51. The van der Waals surface area contributed by atoms with Gasteiger partial charge in [-0.3, -0.25) is 0 Å². The second-order valence-electron chi connectivity index (χ2n) is 4.68. The van der Waals surface area contributed by atoms with Crippen LogP contribution in [-0.4, -0.2) is 25.4 Å². The quantitative estimate of drug-likeness (QED) is 0.904. The van der Waals surface area contributed by atoms with Crippen LogP contribution < -0.4 is 10.1 Å². The first-order chi connectivity index (χ1) is 10.3. The smallest absolute Gasteiger partial charge is 0.186 e. The van der Waals surface area contributed by atoms with Crippen LogP contribution >= 0.6 is 0 Å². The van der Waals surface area contributed by atoms with E-state index in [4.69, 9.17) is 14.2 Å². The van der Waals surface area contributed by atoms with Gasteiger partial charge in [-0.15, -0.1) is 0 Å². The third-order valence-corrected chi connectivity index (χ3v) is 3.28. The SMILES string of the molecule is COc1cc(C2OCCO2)c(Nc2ccccc2)cc1O. The maximum Gasteiger partial charge on any atom is 0.186 e. The molecule has 0 radical (unpaired) electrons. The number of nitrogens with one attached hydrogen (secondary N) is 1. The number of phenolic OH excluding ortho intramolecular Hbond substituents is 1. The lowest BCUT2D eigenvalue weighted by molar-refractivity contribution is -0.0436. The second kappa shape index (κ2) is 6.03. The minimum Gasteiger partial charge on any atom is -0.504 e. The fourth-order valence-corrected chi connectivity index (χ4v) is 2.27. The third kappa shape index (κ3) is 2.94. The molecule has 1 aliphatic heterocycles. The van der Waals surface area contributed by atoms with Crippen LogP contribution in [-0.2, 0) is 9.47 Å². The Morgan fingerprint density at radius 2 is 1.86 bits per heavy atom. The highest BCUT2D eigenvalue weighted by atomic mass is 16.7. The van der Waals surface area contributed by atoms with Crippen molar-refractivity contribution in [2.45, 2.75) is 6.29 Å². The number of aromatic hydroxyl groups is 1. The summed E-state index contributed by atoms with van der Waals surface area (Å²) in [6.07, 6.45) is -0.453. The van der Waals surface area contributed by atoms with Crippen LogP contribution in [0.25, 0.3) is 0 Å². The highest BCUT2D eigenvalue weighted by Gasteiger charge is 2.23.